The van der Waals surface area contributed by atoms with Crippen LogP contribution in [-0.4, -0.2) is 34.0 Å². The van der Waals surface area contributed by atoms with Crippen LogP contribution in [0.25, 0.3) is 0 Å². The number of hydrogen-bond acceptors (Lipinski definition) is 3. The summed E-state index contributed by atoms with van der Waals surface area (Å²) in [6.07, 6.45) is 0.893. The van der Waals surface area contributed by atoms with Crippen LogP contribution >= 0.6 is 23.2 Å². The van der Waals surface area contributed by atoms with Gasteiger partial charge in [-0.15, -0.1) is 0 Å². The molecule has 3 aromatic rings. The topological polar surface area (TPSA) is 66.8 Å². The highest BCUT2D eigenvalue weighted by Crippen LogP contribution is 2.38. The molecule has 0 unspecified atom stereocenters. The van der Waals surface area contributed by atoms with Gasteiger partial charge in [0.15, 0.2) is 0 Å². The first kappa shape index (κ1) is 24.9. The van der Waals surface area contributed by atoms with E-state index >= 15 is 0 Å². The maximum Gasteiger partial charge on any atom is 0.323 e. The van der Waals surface area contributed by atoms with Gasteiger partial charge in [0.1, 0.15) is 29.5 Å². The van der Waals surface area contributed by atoms with E-state index in [4.69, 9.17) is 27.9 Å². The molecule has 1 amide bonds. The van der Waals surface area contributed by atoms with E-state index in [-0.39, 0.29) is 22.2 Å². The second-order valence-corrected chi connectivity index (χ2v) is 9.58. The summed E-state index contributed by atoms with van der Waals surface area (Å²) < 4.78 is 33.4. The lowest BCUT2D eigenvalue weighted by Gasteiger charge is -2.24. The third-order valence-electron chi connectivity index (χ3n) is 5.78. The number of carbonyl (C=O) groups excluding carboxylic acids is 1. The highest BCUT2D eigenvalue weighted by molar-refractivity contribution is 6.31. The monoisotopic (exact) mass is 519 g/mol. The molecular weight excluding hydrogens is 499 g/mol. The molecule has 0 aliphatic carbocycles. The van der Waals surface area contributed by atoms with E-state index in [9.17, 15) is 23.5 Å². The molecule has 0 saturated heterocycles. The Morgan fingerprint density at radius 1 is 1.06 bits per heavy atom. The molecular formula is C26H21Cl2F2NO4. The van der Waals surface area contributed by atoms with E-state index in [2.05, 4.69) is 0 Å². The van der Waals surface area contributed by atoms with Crippen molar-refractivity contribution in [2.45, 2.75) is 31.9 Å². The van der Waals surface area contributed by atoms with Crippen LogP contribution in [0.3, 0.4) is 0 Å². The van der Waals surface area contributed by atoms with Crippen LogP contribution in [0.4, 0.5) is 8.78 Å². The maximum absolute atomic E-state index is 13.9. The Morgan fingerprint density at radius 3 is 2.51 bits per heavy atom. The van der Waals surface area contributed by atoms with Crippen molar-refractivity contribution in [1.82, 2.24) is 4.90 Å². The van der Waals surface area contributed by atoms with Crippen molar-refractivity contribution in [1.29, 1.82) is 0 Å². The van der Waals surface area contributed by atoms with Crippen LogP contribution < -0.4 is 4.74 Å². The number of carbonyl (C=O) groups is 2. The molecule has 0 radical (unpaired) electrons. The van der Waals surface area contributed by atoms with Gasteiger partial charge >= 0.3 is 5.97 Å². The quantitative estimate of drug-likeness (QED) is 0.419. The van der Waals surface area contributed by atoms with E-state index in [1.165, 1.54) is 24.3 Å². The minimum atomic E-state index is -1.19. The van der Waals surface area contributed by atoms with Gasteiger partial charge in [-0.25, -0.2) is 8.78 Å². The smallest absolute Gasteiger partial charge is 0.323 e. The number of carboxylic acid groups (broad SMARTS) is 1. The molecule has 1 aliphatic rings. The number of aliphatic carboxylic acids is 1. The van der Waals surface area contributed by atoms with Gasteiger partial charge in [0, 0.05) is 30.0 Å². The molecule has 0 saturated carbocycles. The van der Waals surface area contributed by atoms with Crippen LogP contribution in [0.1, 0.15) is 34.0 Å². The lowest BCUT2D eigenvalue weighted by atomic mass is 9.91. The van der Waals surface area contributed by atoms with Crippen molar-refractivity contribution in [2.24, 2.45) is 0 Å². The summed E-state index contributed by atoms with van der Waals surface area (Å²) in [5.74, 6) is -2.13. The number of carboxylic acids is 1. The van der Waals surface area contributed by atoms with E-state index < -0.39 is 35.7 Å². The van der Waals surface area contributed by atoms with Gasteiger partial charge in [-0.2, -0.15) is 0 Å². The van der Waals surface area contributed by atoms with Gasteiger partial charge in [0.2, 0.25) is 0 Å². The number of benzene rings is 3. The van der Waals surface area contributed by atoms with Crippen LogP contribution in [0.2, 0.25) is 10.0 Å². The number of fused-ring (bicyclic) bond motifs is 1. The third kappa shape index (κ3) is 5.74. The van der Waals surface area contributed by atoms with E-state index in [0.717, 1.165) is 22.1 Å². The lowest BCUT2D eigenvalue weighted by molar-refractivity contribution is -0.137. The number of ether oxygens (including phenoxy) is 1. The zero-order valence-electron chi connectivity index (χ0n) is 18.7. The van der Waals surface area contributed by atoms with Gasteiger partial charge in [-0.05, 0) is 66.1 Å². The molecule has 35 heavy (non-hydrogen) atoms. The van der Waals surface area contributed by atoms with E-state index in [1.807, 2.05) is 6.92 Å². The summed E-state index contributed by atoms with van der Waals surface area (Å²) >= 11 is 11.9. The van der Waals surface area contributed by atoms with Crippen molar-refractivity contribution in [2.75, 3.05) is 6.54 Å². The van der Waals surface area contributed by atoms with Crippen LogP contribution in [-0.2, 0) is 24.2 Å². The molecule has 0 aromatic heterocycles. The summed E-state index contributed by atoms with van der Waals surface area (Å²) in [6.45, 7) is 1.24. The van der Waals surface area contributed by atoms with Gasteiger partial charge in [-0.3, -0.25) is 9.59 Å². The number of hydrogen-bond donors (Lipinski definition) is 1. The van der Waals surface area contributed by atoms with Gasteiger partial charge in [0.25, 0.3) is 5.91 Å². The minimum absolute atomic E-state index is 0.0468. The summed E-state index contributed by atoms with van der Waals surface area (Å²) in [4.78, 5) is 25.8. The fourth-order valence-electron chi connectivity index (χ4n) is 4.24. The number of nitrogens with zero attached hydrogens (tertiary/aromatic N) is 1. The summed E-state index contributed by atoms with van der Waals surface area (Å²) in [7, 11) is 0. The van der Waals surface area contributed by atoms with Crippen molar-refractivity contribution in [3.63, 3.8) is 0 Å². The maximum atomic E-state index is 13.9. The predicted octanol–water partition coefficient (Wildman–Crippen LogP) is 5.93. The minimum Gasteiger partial charge on any atom is -0.487 e. The van der Waals surface area contributed by atoms with Crippen LogP contribution in [0.15, 0.2) is 54.6 Å². The summed E-state index contributed by atoms with van der Waals surface area (Å²) in [5, 5.41) is 9.48. The second-order valence-electron chi connectivity index (χ2n) is 8.77. The van der Waals surface area contributed by atoms with Gasteiger partial charge in [0.05, 0.1) is 5.02 Å². The first-order chi connectivity index (χ1) is 16.5. The van der Waals surface area contributed by atoms with Crippen molar-refractivity contribution in [3.8, 4) is 5.75 Å². The number of rotatable bonds is 7. The molecule has 1 aliphatic heterocycles. The predicted molar refractivity (Wildman–Crippen MR) is 128 cm³/mol. The standard InChI is InChI=1S/C26H21Cl2F2NO4/c1-26(11-15-2-6-20(27)22(30)8-15)12-18-9-16(4-7-23(18)35-26)25(34)31(14-24(32)33)13-17-3-5-19(29)10-21(17)28/h2-10H,11-14H2,1H3,(H,32,33)/t26-/m1/s1. The molecule has 182 valence electrons. The molecule has 5 nitrogen and oxygen atoms in total. The van der Waals surface area contributed by atoms with Crippen LogP contribution in [0, 0.1) is 11.6 Å². The highest BCUT2D eigenvalue weighted by Gasteiger charge is 2.36. The first-order valence-electron chi connectivity index (χ1n) is 10.7. The average molecular weight is 520 g/mol. The Kier molecular flexibility index (Phi) is 7.01. The molecule has 9 heteroatoms. The Balaban J connectivity index is 1.54. The van der Waals surface area contributed by atoms with E-state index in [0.29, 0.717) is 24.2 Å². The van der Waals surface area contributed by atoms with Crippen molar-refractivity contribution < 1.29 is 28.2 Å². The molecule has 0 fully saturated rings. The molecule has 1 N–H and O–H groups in total. The Bertz CT molecular complexity index is 1320. The summed E-state index contributed by atoms with van der Waals surface area (Å²) in [5.41, 5.74) is 1.56. The molecule has 4 rings (SSSR count). The largest absolute Gasteiger partial charge is 0.487 e. The second kappa shape index (κ2) is 9.84. The fourth-order valence-corrected chi connectivity index (χ4v) is 4.58. The van der Waals surface area contributed by atoms with Crippen molar-refractivity contribution in [3.05, 3.63) is 98.5 Å². The fraction of sp³-hybridized carbons (Fsp3) is 0.231. The zero-order chi connectivity index (χ0) is 25.3. The Morgan fingerprint density at radius 2 is 1.83 bits per heavy atom. The van der Waals surface area contributed by atoms with Gasteiger partial charge in [-0.1, -0.05) is 35.3 Å². The molecule has 3 aromatic carbocycles. The summed E-state index contributed by atoms with van der Waals surface area (Å²) in [6, 6.07) is 13.2. The SMILES string of the molecule is C[C@@]1(Cc2ccc(Cl)c(F)c2)Cc2cc(C(=O)N(CC(=O)O)Cc3ccc(F)cc3Cl)ccc2O1. The highest BCUT2D eigenvalue weighted by atomic mass is 35.5. The van der Waals surface area contributed by atoms with Crippen molar-refractivity contribution >= 4 is 35.1 Å². The first-order valence-corrected chi connectivity index (χ1v) is 11.5. The normalized spacial score (nSPS) is 16.5. The average Bonchev–Trinajstić information content (AvgIpc) is 3.11. The molecule has 0 bridgehead atoms. The lowest BCUT2D eigenvalue weighted by Crippen LogP contribution is -2.35. The number of halogens is 4. The third-order valence-corrected chi connectivity index (χ3v) is 6.44. The Labute approximate surface area is 210 Å². The molecule has 1 heterocycles. The molecule has 1 atom stereocenters. The zero-order valence-corrected chi connectivity index (χ0v) is 20.2. The Hall–Kier alpha value is -3.16. The van der Waals surface area contributed by atoms with E-state index in [1.54, 1.807) is 24.3 Å². The van der Waals surface area contributed by atoms with Crippen LogP contribution in [0.5, 0.6) is 5.75 Å². The number of amides is 1. The van der Waals surface area contributed by atoms with Gasteiger partial charge < -0.3 is 14.7 Å². The molecule has 0 spiro atoms.